The number of thioether (sulfide) groups is 1. The maximum Gasteiger partial charge on any atom is 0.234 e. The van der Waals surface area contributed by atoms with Crippen LogP contribution in [0.25, 0.3) is 0 Å². The van der Waals surface area contributed by atoms with Gasteiger partial charge in [0.05, 0.1) is 5.75 Å². The first-order valence-electron chi connectivity index (χ1n) is 6.20. The topological polar surface area (TPSA) is 55.1 Å². The SMILES string of the molecule is Cc1c(N)cccc1NC(=O)CSc1ccc(F)cc1F. The van der Waals surface area contributed by atoms with Gasteiger partial charge in [-0.15, -0.1) is 11.8 Å². The van der Waals surface area contributed by atoms with Gasteiger partial charge in [0, 0.05) is 22.3 Å². The monoisotopic (exact) mass is 308 g/mol. The van der Waals surface area contributed by atoms with E-state index in [0.717, 1.165) is 29.5 Å². The average molecular weight is 308 g/mol. The van der Waals surface area contributed by atoms with E-state index in [0.29, 0.717) is 11.4 Å². The molecule has 0 atom stereocenters. The van der Waals surface area contributed by atoms with Crippen molar-refractivity contribution < 1.29 is 13.6 Å². The molecule has 3 nitrogen and oxygen atoms in total. The Morgan fingerprint density at radius 1 is 1.29 bits per heavy atom. The van der Waals surface area contributed by atoms with Gasteiger partial charge in [0.1, 0.15) is 11.6 Å². The summed E-state index contributed by atoms with van der Waals surface area (Å²) >= 11 is 1.01. The maximum absolute atomic E-state index is 13.4. The van der Waals surface area contributed by atoms with Gasteiger partial charge in [-0.05, 0) is 36.8 Å². The van der Waals surface area contributed by atoms with Gasteiger partial charge >= 0.3 is 0 Å². The molecular weight excluding hydrogens is 294 g/mol. The van der Waals surface area contributed by atoms with Crippen LogP contribution in [0.15, 0.2) is 41.3 Å². The minimum absolute atomic E-state index is 0.0246. The van der Waals surface area contributed by atoms with Crippen molar-refractivity contribution in [3.63, 3.8) is 0 Å². The van der Waals surface area contributed by atoms with E-state index in [1.807, 2.05) is 0 Å². The molecule has 2 aromatic rings. The number of rotatable bonds is 4. The molecule has 0 saturated heterocycles. The van der Waals surface area contributed by atoms with Crippen LogP contribution in [0.4, 0.5) is 20.2 Å². The van der Waals surface area contributed by atoms with E-state index in [9.17, 15) is 13.6 Å². The summed E-state index contributed by atoms with van der Waals surface area (Å²) in [5, 5.41) is 2.72. The number of halogens is 2. The quantitative estimate of drug-likeness (QED) is 0.670. The second-order valence-electron chi connectivity index (χ2n) is 4.43. The normalized spacial score (nSPS) is 10.4. The number of nitrogens with one attached hydrogen (secondary N) is 1. The van der Waals surface area contributed by atoms with E-state index < -0.39 is 11.6 Å². The summed E-state index contributed by atoms with van der Waals surface area (Å²) in [7, 11) is 0. The van der Waals surface area contributed by atoms with E-state index in [2.05, 4.69) is 5.32 Å². The van der Waals surface area contributed by atoms with Crippen LogP contribution in [0.2, 0.25) is 0 Å². The number of hydrogen-bond acceptors (Lipinski definition) is 3. The minimum Gasteiger partial charge on any atom is -0.398 e. The number of hydrogen-bond donors (Lipinski definition) is 2. The Hall–Kier alpha value is -2.08. The van der Waals surface area contributed by atoms with Gasteiger partial charge < -0.3 is 11.1 Å². The molecule has 3 N–H and O–H groups in total. The van der Waals surface area contributed by atoms with Crippen LogP contribution in [0, 0.1) is 18.6 Å². The molecule has 2 aromatic carbocycles. The van der Waals surface area contributed by atoms with Gasteiger partial charge in [-0.1, -0.05) is 6.07 Å². The van der Waals surface area contributed by atoms with E-state index in [-0.39, 0.29) is 16.6 Å². The summed E-state index contributed by atoms with van der Waals surface area (Å²) in [6, 6.07) is 8.49. The molecule has 0 aliphatic rings. The van der Waals surface area contributed by atoms with Crippen molar-refractivity contribution in [2.75, 3.05) is 16.8 Å². The van der Waals surface area contributed by atoms with Crippen LogP contribution in [0.3, 0.4) is 0 Å². The van der Waals surface area contributed by atoms with Gasteiger partial charge in [0.2, 0.25) is 5.91 Å². The number of nitrogens with two attached hydrogens (primary N) is 1. The minimum atomic E-state index is -0.673. The summed E-state index contributed by atoms with van der Waals surface area (Å²) < 4.78 is 26.2. The zero-order valence-electron chi connectivity index (χ0n) is 11.3. The summed E-state index contributed by atoms with van der Waals surface area (Å²) in [5.74, 6) is -1.57. The number of amides is 1. The molecule has 6 heteroatoms. The third-order valence-corrected chi connectivity index (χ3v) is 3.95. The summed E-state index contributed by atoms with van der Waals surface area (Å²) in [4.78, 5) is 12.1. The molecule has 21 heavy (non-hydrogen) atoms. The lowest BCUT2D eigenvalue weighted by molar-refractivity contribution is -0.113. The zero-order valence-corrected chi connectivity index (χ0v) is 12.1. The average Bonchev–Trinajstić information content (AvgIpc) is 2.43. The fraction of sp³-hybridized carbons (Fsp3) is 0.133. The van der Waals surface area contributed by atoms with Gasteiger partial charge in [0.25, 0.3) is 0 Å². The zero-order chi connectivity index (χ0) is 15.4. The molecule has 0 bridgehead atoms. The first kappa shape index (κ1) is 15.3. The van der Waals surface area contributed by atoms with Gasteiger partial charge in [0.15, 0.2) is 0 Å². The lowest BCUT2D eigenvalue weighted by Crippen LogP contribution is -2.15. The molecule has 0 heterocycles. The van der Waals surface area contributed by atoms with Crippen LogP contribution >= 0.6 is 11.8 Å². The van der Waals surface area contributed by atoms with Crippen LogP contribution in [0.1, 0.15) is 5.56 Å². The number of anilines is 2. The third-order valence-electron chi connectivity index (χ3n) is 2.90. The van der Waals surface area contributed by atoms with Crippen LogP contribution < -0.4 is 11.1 Å². The maximum atomic E-state index is 13.4. The van der Waals surface area contributed by atoms with Gasteiger partial charge in [-0.2, -0.15) is 0 Å². The lowest BCUT2D eigenvalue weighted by Gasteiger charge is -2.10. The molecule has 0 aliphatic carbocycles. The van der Waals surface area contributed by atoms with Crippen molar-refractivity contribution in [3.8, 4) is 0 Å². The predicted molar refractivity (Wildman–Crippen MR) is 81.3 cm³/mol. The van der Waals surface area contributed by atoms with E-state index in [1.54, 1.807) is 25.1 Å². The molecule has 110 valence electrons. The number of benzene rings is 2. The van der Waals surface area contributed by atoms with Crippen molar-refractivity contribution in [1.29, 1.82) is 0 Å². The Morgan fingerprint density at radius 3 is 2.76 bits per heavy atom. The molecule has 0 radical (unpaired) electrons. The molecule has 1 amide bonds. The highest BCUT2D eigenvalue weighted by Crippen LogP contribution is 2.24. The number of carbonyl (C=O) groups is 1. The second-order valence-corrected chi connectivity index (χ2v) is 5.45. The van der Waals surface area contributed by atoms with E-state index in [4.69, 9.17) is 5.73 Å². The van der Waals surface area contributed by atoms with E-state index >= 15 is 0 Å². The standard InChI is InChI=1S/C15H14F2N2OS/c1-9-12(18)3-2-4-13(9)19-15(20)8-21-14-6-5-10(16)7-11(14)17/h2-7H,8,18H2,1H3,(H,19,20). The highest BCUT2D eigenvalue weighted by Gasteiger charge is 2.09. The molecule has 0 saturated carbocycles. The molecule has 0 aliphatic heterocycles. The van der Waals surface area contributed by atoms with Gasteiger partial charge in [-0.25, -0.2) is 8.78 Å². The number of nitrogen functional groups attached to an aromatic ring is 1. The Labute approximate surface area is 125 Å². The van der Waals surface area contributed by atoms with Crippen LogP contribution in [-0.2, 0) is 4.79 Å². The van der Waals surface area contributed by atoms with Gasteiger partial charge in [-0.3, -0.25) is 4.79 Å². The summed E-state index contributed by atoms with van der Waals surface area (Å²) in [6.45, 7) is 1.80. The Bertz CT molecular complexity index is 677. The Morgan fingerprint density at radius 2 is 2.05 bits per heavy atom. The van der Waals surface area contributed by atoms with Crippen molar-refractivity contribution in [2.24, 2.45) is 0 Å². The molecule has 0 fully saturated rings. The fourth-order valence-electron chi connectivity index (χ4n) is 1.71. The van der Waals surface area contributed by atoms with Crippen molar-refractivity contribution in [1.82, 2.24) is 0 Å². The van der Waals surface area contributed by atoms with E-state index in [1.165, 1.54) is 6.07 Å². The second kappa shape index (κ2) is 6.58. The van der Waals surface area contributed by atoms with Crippen molar-refractivity contribution in [3.05, 3.63) is 53.6 Å². The molecule has 0 unspecified atom stereocenters. The molecule has 2 rings (SSSR count). The smallest absolute Gasteiger partial charge is 0.234 e. The highest BCUT2D eigenvalue weighted by atomic mass is 32.2. The lowest BCUT2D eigenvalue weighted by atomic mass is 10.1. The first-order valence-corrected chi connectivity index (χ1v) is 7.18. The number of carbonyl (C=O) groups excluding carboxylic acids is 1. The molecule has 0 spiro atoms. The first-order chi connectivity index (χ1) is 9.97. The fourth-order valence-corrected chi connectivity index (χ4v) is 2.43. The summed E-state index contributed by atoms with van der Waals surface area (Å²) in [5.41, 5.74) is 7.75. The van der Waals surface area contributed by atoms with Crippen LogP contribution in [0.5, 0.6) is 0 Å². The molecular formula is C15H14F2N2OS. The van der Waals surface area contributed by atoms with Crippen molar-refractivity contribution >= 4 is 29.0 Å². The third kappa shape index (κ3) is 3.95. The van der Waals surface area contributed by atoms with Crippen molar-refractivity contribution in [2.45, 2.75) is 11.8 Å². The molecule has 0 aromatic heterocycles. The highest BCUT2D eigenvalue weighted by molar-refractivity contribution is 8.00. The largest absolute Gasteiger partial charge is 0.398 e. The van der Waals surface area contributed by atoms with Crippen LogP contribution in [-0.4, -0.2) is 11.7 Å². The Kier molecular flexibility index (Phi) is 4.80. The Balaban J connectivity index is 1.97. The summed E-state index contributed by atoms with van der Waals surface area (Å²) in [6.07, 6.45) is 0. The predicted octanol–water partition coefficient (Wildman–Crippen LogP) is 3.59.